The summed E-state index contributed by atoms with van der Waals surface area (Å²) in [5.74, 6) is -0.697. The third-order valence-corrected chi connectivity index (χ3v) is 5.17. The minimum absolute atomic E-state index is 0. The van der Waals surface area contributed by atoms with Crippen LogP contribution in [-0.2, 0) is 16.0 Å². The fourth-order valence-electron chi connectivity index (χ4n) is 3.53. The van der Waals surface area contributed by atoms with Crippen LogP contribution in [0.3, 0.4) is 0 Å². The smallest absolute Gasteiger partial charge is 0.259 e. The van der Waals surface area contributed by atoms with E-state index in [-0.39, 0.29) is 36.0 Å². The molecular formula is C20H26ClFN4O3. The molecule has 2 amide bonds. The quantitative estimate of drug-likeness (QED) is 0.773. The number of carbonyl (C=O) groups is 2. The molecule has 2 heterocycles. The highest BCUT2D eigenvalue weighted by atomic mass is 35.5. The number of carbonyl (C=O) groups excluding carboxylic acids is 2. The van der Waals surface area contributed by atoms with Gasteiger partial charge in [-0.1, -0.05) is 6.07 Å². The predicted molar refractivity (Wildman–Crippen MR) is 112 cm³/mol. The fraction of sp³-hybridized carbons (Fsp3) is 0.450. The Morgan fingerprint density at radius 2 is 1.83 bits per heavy atom. The molecule has 7 nitrogen and oxygen atoms in total. The highest BCUT2D eigenvalue weighted by molar-refractivity contribution is 5.86. The second-order valence-electron chi connectivity index (χ2n) is 7.27. The molecule has 1 aromatic heterocycles. The first kappa shape index (κ1) is 22.8. The topological polar surface area (TPSA) is 99.5 Å². The largest absolute Gasteiger partial charge is 0.339 e. The molecule has 1 saturated heterocycles. The number of nitrogens with one attached hydrogen (secondary N) is 1. The molecule has 1 aliphatic heterocycles. The molecule has 0 spiro atoms. The Balaban J connectivity index is 0.00000300. The van der Waals surface area contributed by atoms with E-state index in [1.165, 1.54) is 6.07 Å². The van der Waals surface area contributed by atoms with Crippen molar-refractivity contribution in [1.82, 2.24) is 14.8 Å². The van der Waals surface area contributed by atoms with Gasteiger partial charge in [0.2, 0.25) is 11.8 Å². The maximum Gasteiger partial charge on any atom is 0.259 e. The van der Waals surface area contributed by atoms with E-state index in [1.807, 2.05) is 6.92 Å². The molecule has 0 saturated carbocycles. The Kier molecular flexibility index (Phi) is 7.37. The second-order valence-corrected chi connectivity index (χ2v) is 7.27. The molecule has 158 valence electrons. The van der Waals surface area contributed by atoms with Crippen LogP contribution in [-0.4, -0.2) is 58.8 Å². The maximum atomic E-state index is 13.9. The van der Waals surface area contributed by atoms with Gasteiger partial charge in [-0.15, -0.1) is 12.4 Å². The van der Waals surface area contributed by atoms with E-state index in [2.05, 4.69) is 4.98 Å². The van der Waals surface area contributed by atoms with Crippen LogP contribution in [0, 0.1) is 12.7 Å². The van der Waals surface area contributed by atoms with Crippen molar-refractivity contribution < 1.29 is 14.0 Å². The summed E-state index contributed by atoms with van der Waals surface area (Å²) in [5.41, 5.74) is 6.55. The van der Waals surface area contributed by atoms with Gasteiger partial charge in [0.25, 0.3) is 5.56 Å². The van der Waals surface area contributed by atoms with Crippen molar-refractivity contribution in [2.24, 2.45) is 5.73 Å². The summed E-state index contributed by atoms with van der Waals surface area (Å²) >= 11 is 0. The summed E-state index contributed by atoms with van der Waals surface area (Å²) in [7, 11) is 0. The number of nitrogens with zero attached hydrogens (tertiary/aromatic N) is 2. The van der Waals surface area contributed by atoms with Gasteiger partial charge in [0.05, 0.1) is 11.4 Å². The molecule has 2 aromatic rings. The van der Waals surface area contributed by atoms with Crippen molar-refractivity contribution >= 4 is 35.0 Å². The molecule has 3 rings (SSSR count). The molecule has 29 heavy (non-hydrogen) atoms. The summed E-state index contributed by atoms with van der Waals surface area (Å²) in [6.07, 6.45) is 0.593. The molecule has 3 N–H and O–H groups in total. The summed E-state index contributed by atoms with van der Waals surface area (Å²) < 4.78 is 13.9. The number of piperazine rings is 1. The second kappa shape index (κ2) is 9.37. The number of fused-ring (bicyclic) bond motifs is 1. The van der Waals surface area contributed by atoms with Gasteiger partial charge >= 0.3 is 0 Å². The monoisotopic (exact) mass is 424 g/mol. The van der Waals surface area contributed by atoms with Crippen LogP contribution in [0.25, 0.3) is 10.8 Å². The fourth-order valence-corrected chi connectivity index (χ4v) is 3.53. The van der Waals surface area contributed by atoms with Crippen LogP contribution in [0.1, 0.15) is 24.6 Å². The average Bonchev–Trinajstić information content (AvgIpc) is 2.68. The standard InChI is InChI=1S/C20H25FN4O3.ClH/c1-12-3-5-16(21)18-15(12)11-14(23-19(18)27)4-6-17(26)24-7-9-25(10-8-24)20(28)13(2)22;/h3,5,11,13H,4,6-10,22H2,1-2H3,(H,23,27);1H. The number of rotatable bonds is 4. The minimum Gasteiger partial charge on any atom is -0.339 e. The number of benzene rings is 1. The van der Waals surface area contributed by atoms with Gasteiger partial charge in [-0.05, 0) is 43.4 Å². The van der Waals surface area contributed by atoms with Crippen molar-refractivity contribution in [2.75, 3.05) is 26.2 Å². The van der Waals surface area contributed by atoms with E-state index < -0.39 is 17.4 Å². The lowest BCUT2D eigenvalue weighted by molar-refractivity contribution is -0.140. The van der Waals surface area contributed by atoms with Crippen molar-refractivity contribution in [1.29, 1.82) is 0 Å². The molecule has 0 aliphatic carbocycles. The predicted octanol–water partition coefficient (Wildman–Crippen LogP) is 1.35. The Morgan fingerprint density at radius 3 is 2.45 bits per heavy atom. The van der Waals surface area contributed by atoms with Gasteiger partial charge in [0.15, 0.2) is 0 Å². The number of amides is 2. The van der Waals surface area contributed by atoms with Gasteiger partial charge in [-0.3, -0.25) is 14.4 Å². The van der Waals surface area contributed by atoms with Crippen LogP contribution < -0.4 is 11.3 Å². The first-order chi connectivity index (χ1) is 13.3. The van der Waals surface area contributed by atoms with Crippen LogP contribution in [0.15, 0.2) is 23.0 Å². The summed E-state index contributed by atoms with van der Waals surface area (Å²) in [5, 5.41) is 0.610. The van der Waals surface area contributed by atoms with Crippen molar-refractivity contribution in [3.05, 3.63) is 45.6 Å². The first-order valence-corrected chi connectivity index (χ1v) is 9.41. The van der Waals surface area contributed by atoms with E-state index in [1.54, 1.807) is 28.9 Å². The first-order valence-electron chi connectivity index (χ1n) is 9.41. The van der Waals surface area contributed by atoms with E-state index in [4.69, 9.17) is 5.73 Å². The highest BCUT2D eigenvalue weighted by Gasteiger charge is 2.25. The molecule has 1 aliphatic rings. The lowest BCUT2D eigenvalue weighted by atomic mass is 10.0. The Labute approximate surface area is 174 Å². The average molecular weight is 425 g/mol. The number of hydrogen-bond donors (Lipinski definition) is 2. The van der Waals surface area contributed by atoms with Crippen molar-refractivity contribution in [2.45, 2.75) is 32.7 Å². The van der Waals surface area contributed by atoms with Crippen LogP contribution >= 0.6 is 12.4 Å². The van der Waals surface area contributed by atoms with Gasteiger partial charge in [-0.2, -0.15) is 0 Å². The number of hydrogen-bond acceptors (Lipinski definition) is 4. The van der Waals surface area contributed by atoms with Crippen molar-refractivity contribution in [3.8, 4) is 0 Å². The lowest BCUT2D eigenvalue weighted by Gasteiger charge is -2.35. The molecule has 1 aromatic carbocycles. The van der Waals surface area contributed by atoms with Gasteiger partial charge in [0.1, 0.15) is 5.82 Å². The van der Waals surface area contributed by atoms with E-state index >= 15 is 0 Å². The zero-order valence-electron chi connectivity index (χ0n) is 16.5. The molecule has 1 atom stereocenters. The van der Waals surface area contributed by atoms with Gasteiger partial charge < -0.3 is 20.5 Å². The molecule has 0 bridgehead atoms. The van der Waals surface area contributed by atoms with Crippen LogP contribution in [0.2, 0.25) is 0 Å². The number of halogens is 2. The SMILES string of the molecule is Cc1ccc(F)c2c(=O)[nH]c(CCC(=O)N3CCN(C(=O)C(C)N)CC3)cc12.Cl. The normalized spacial score (nSPS) is 15.2. The van der Waals surface area contributed by atoms with Crippen molar-refractivity contribution in [3.63, 3.8) is 0 Å². The molecule has 0 radical (unpaired) electrons. The Morgan fingerprint density at radius 1 is 1.21 bits per heavy atom. The molecule has 1 fully saturated rings. The number of pyridine rings is 1. The van der Waals surface area contributed by atoms with E-state index in [0.29, 0.717) is 43.7 Å². The van der Waals surface area contributed by atoms with Gasteiger partial charge in [-0.25, -0.2) is 4.39 Å². The maximum absolute atomic E-state index is 13.9. The number of nitrogens with two attached hydrogens (primary N) is 1. The molecule has 1 unspecified atom stereocenters. The van der Waals surface area contributed by atoms with E-state index in [9.17, 15) is 18.8 Å². The third kappa shape index (κ3) is 4.94. The zero-order valence-corrected chi connectivity index (χ0v) is 17.4. The third-order valence-electron chi connectivity index (χ3n) is 5.17. The number of aromatic nitrogens is 1. The Bertz CT molecular complexity index is 968. The minimum atomic E-state index is -0.552. The van der Waals surface area contributed by atoms with E-state index in [0.717, 1.165) is 5.56 Å². The Hall–Kier alpha value is -2.45. The zero-order chi connectivity index (χ0) is 20.4. The molecular weight excluding hydrogens is 399 g/mol. The number of aryl methyl sites for hydroxylation is 2. The number of aromatic amines is 1. The van der Waals surface area contributed by atoms with Gasteiger partial charge in [0, 0.05) is 38.3 Å². The lowest BCUT2D eigenvalue weighted by Crippen LogP contribution is -2.53. The highest BCUT2D eigenvalue weighted by Crippen LogP contribution is 2.19. The summed E-state index contributed by atoms with van der Waals surface area (Å²) in [4.78, 5) is 42.7. The number of H-pyrrole nitrogens is 1. The summed E-state index contributed by atoms with van der Waals surface area (Å²) in [6.45, 7) is 5.34. The van der Waals surface area contributed by atoms with Crippen LogP contribution in [0.5, 0.6) is 0 Å². The van der Waals surface area contributed by atoms with Crippen LogP contribution in [0.4, 0.5) is 4.39 Å². The molecule has 9 heteroatoms. The summed E-state index contributed by atoms with van der Waals surface area (Å²) in [6, 6.07) is 4.11.